The number of unbranched alkanes of at least 4 members (excludes halogenated alkanes) is 16. The molecule has 0 heterocycles. The van der Waals surface area contributed by atoms with Crippen LogP contribution >= 0.6 is 15.6 Å². The van der Waals surface area contributed by atoms with Crippen LogP contribution in [0.4, 0.5) is 0 Å². The van der Waals surface area contributed by atoms with Gasteiger partial charge in [0, 0.05) is 25.2 Å². The molecular weight excluding hydrogens is 846 g/mol. The second-order valence-electron chi connectivity index (χ2n) is 16.5. The van der Waals surface area contributed by atoms with Gasteiger partial charge in [0.25, 0.3) is 0 Å². The van der Waals surface area contributed by atoms with Gasteiger partial charge < -0.3 is 39.5 Å². The van der Waals surface area contributed by atoms with E-state index < -0.39 is 84.3 Å². The second kappa shape index (κ2) is 35.5. The number of aliphatic hydroxyl groups is 3. The van der Waals surface area contributed by atoms with Gasteiger partial charge in [0.05, 0.1) is 32.0 Å². The van der Waals surface area contributed by atoms with Gasteiger partial charge in [-0.15, -0.1) is 0 Å². The lowest BCUT2D eigenvalue weighted by molar-refractivity contribution is -0.161. The smallest absolute Gasteiger partial charge is 0.462 e. The number of ketones is 1. The quantitative estimate of drug-likeness (QED) is 0.0146. The van der Waals surface area contributed by atoms with Crippen LogP contribution in [0.1, 0.15) is 174 Å². The van der Waals surface area contributed by atoms with Crippen molar-refractivity contribution in [3.63, 3.8) is 0 Å². The van der Waals surface area contributed by atoms with Crippen LogP contribution in [0.5, 0.6) is 0 Å². The van der Waals surface area contributed by atoms with Crippen molar-refractivity contribution in [3.05, 3.63) is 24.3 Å². The van der Waals surface area contributed by atoms with Crippen LogP contribution < -0.4 is 0 Å². The third-order valence-electron chi connectivity index (χ3n) is 10.7. The van der Waals surface area contributed by atoms with Crippen LogP contribution in [0.15, 0.2) is 24.3 Å². The Balaban J connectivity index is 2.53. The average Bonchev–Trinajstić information content (AvgIpc) is 3.49. The molecule has 0 saturated heterocycles. The molecule has 0 aromatic carbocycles. The molecule has 18 heteroatoms. The van der Waals surface area contributed by atoms with E-state index in [4.69, 9.17) is 23.8 Å². The SMILES string of the molecule is CCCCCCCC/C=C\CCCCCCCC(=O)OC[C@H](COP(=O)(O)OC[C@@H](O)COP(=O)(O)O)OC(=O)CCCCCC[C@H]1[C@@H](O)CC(=O)[C@@H]1/C=C/[C@@H](O)CCCCC. The van der Waals surface area contributed by atoms with Crippen LogP contribution in [0.3, 0.4) is 0 Å². The van der Waals surface area contributed by atoms with Gasteiger partial charge in [-0.05, 0) is 57.3 Å². The molecule has 6 N–H and O–H groups in total. The number of Topliss-reactive ketones (excluding diaryl/α,β-unsaturated/α-hetero) is 1. The first-order valence-electron chi connectivity index (χ1n) is 23.1. The van der Waals surface area contributed by atoms with Gasteiger partial charge in [0.15, 0.2) is 6.10 Å². The highest BCUT2D eigenvalue weighted by atomic mass is 31.2. The number of carbonyl (C=O) groups excluding carboxylic acids is 3. The molecule has 1 rings (SSSR count). The predicted molar refractivity (Wildman–Crippen MR) is 236 cm³/mol. The molecule has 0 aliphatic heterocycles. The van der Waals surface area contributed by atoms with Crippen molar-refractivity contribution in [1.82, 2.24) is 0 Å². The van der Waals surface area contributed by atoms with E-state index in [1.165, 1.54) is 38.5 Å². The molecule has 1 saturated carbocycles. The van der Waals surface area contributed by atoms with Crippen molar-refractivity contribution in [1.29, 1.82) is 0 Å². The maximum atomic E-state index is 12.8. The number of allylic oxidation sites excluding steroid dienone is 3. The minimum atomic E-state index is -4.90. The average molecular weight is 927 g/mol. The first-order valence-corrected chi connectivity index (χ1v) is 26.2. The third kappa shape index (κ3) is 31.9. The fourth-order valence-corrected chi connectivity index (χ4v) is 8.29. The number of carbonyl (C=O) groups is 3. The Bertz CT molecular complexity index is 1350. The summed E-state index contributed by atoms with van der Waals surface area (Å²) in [4.78, 5) is 65.5. The summed E-state index contributed by atoms with van der Waals surface area (Å²) in [5, 5.41) is 30.6. The summed E-state index contributed by atoms with van der Waals surface area (Å²) < 4.78 is 47.8. The van der Waals surface area contributed by atoms with Gasteiger partial charge in [0.2, 0.25) is 0 Å². The fourth-order valence-electron chi connectivity index (χ4n) is 7.13. The normalized spacial score (nSPS) is 19.5. The highest BCUT2D eigenvalue weighted by Crippen LogP contribution is 2.44. The molecule has 0 radical (unpaired) electrons. The van der Waals surface area contributed by atoms with Crippen LogP contribution in [-0.4, -0.2) is 98.6 Å². The number of hydrogen-bond donors (Lipinski definition) is 6. The number of aliphatic hydroxyl groups excluding tert-OH is 3. The van der Waals surface area contributed by atoms with Crippen LogP contribution in [-0.2, 0) is 46.6 Å². The van der Waals surface area contributed by atoms with Gasteiger partial charge in [-0.1, -0.05) is 128 Å². The second-order valence-corrected chi connectivity index (χ2v) is 19.2. The lowest BCUT2D eigenvalue weighted by Crippen LogP contribution is -2.30. The van der Waals surface area contributed by atoms with E-state index in [2.05, 4.69) is 35.0 Å². The molecule has 1 aliphatic carbocycles. The fraction of sp³-hybridized carbons (Fsp3) is 0.841. The van der Waals surface area contributed by atoms with Gasteiger partial charge in [-0.25, -0.2) is 9.13 Å². The Kier molecular flexibility index (Phi) is 33.3. The summed E-state index contributed by atoms with van der Waals surface area (Å²) in [6, 6.07) is 0. The van der Waals surface area contributed by atoms with E-state index >= 15 is 0 Å². The zero-order chi connectivity index (χ0) is 46.1. The zero-order valence-electron chi connectivity index (χ0n) is 37.4. The number of rotatable bonds is 40. The Morgan fingerprint density at radius 1 is 0.694 bits per heavy atom. The van der Waals surface area contributed by atoms with Gasteiger partial charge >= 0.3 is 27.6 Å². The molecule has 0 bridgehead atoms. The maximum absolute atomic E-state index is 12.8. The number of ether oxygens (including phenoxy) is 2. The molecular formula is C44H80O16P2. The topological polar surface area (TPSA) is 253 Å². The van der Waals surface area contributed by atoms with Crippen LogP contribution in [0.2, 0.25) is 0 Å². The Morgan fingerprint density at radius 2 is 1.23 bits per heavy atom. The Labute approximate surface area is 370 Å². The summed E-state index contributed by atoms with van der Waals surface area (Å²) in [7, 11) is -9.77. The van der Waals surface area contributed by atoms with Gasteiger partial charge in [-0.3, -0.25) is 28.0 Å². The highest BCUT2D eigenvalue weighted by Gasteiger charge is 2.39. The van der Waals surface area contributed by atoms with E-state index in [0.717, 1.165) is 64.2 Å². The van der Waals surface area contributed by atoms with Crippen molar-refractivity contribution < 1.29 is 76.6 Å². The number of phosphoric ester groups is 2. The monoisotopic (exact) mass is 926 g/mol. The maximum Gasteiger partial charge on any atom is 0.472 e. The summed E-state index contributed by atoms with van der Waals surface area (Å²) in [5.41, 5.74) is 0. The van der Waals surface area contributed by atoms with E-state index in [-0.39, 0.29) is 31.0 Å². The molecule has 1 aliphatic rings. The molecule has 1 fully saturated rings. The molecule has 0 aromatic heterocycles. The van der Waals surface area contributed by atoms with E-state index in [1.54, 1.807) is 12.2 Å². The summed E-state index contributed by atoms with van der Waals surface area (Å²) >= 11 is 0. The van der Waals surface area contributed by atoms with Crippen molar-refractivity contribution in [2.24, 2.45) is 11.8 Å². The lowest BCUT2D eigenvalue weighted by Gasteiger charge is -2.20. The number of phosphoric acid groups is 2. The molecule has 7 atom stereocenters. The molecule has 0 spiro atoms. The van der Waals surface area contributed by atoms with Crippen LogP contribution in [0, 0.1) is 11.8 Å². The molecule has 1 unspecified atom stereocenters. The van der Waals surface area contributed by atoms with E-state index in [9.17, 15) is 43.7 Å². The zero-order valence-corrected chi connectivity index (χ0v) is 39.2. The molecule has 0 amide bonds. The minimum Gasteiger partial charge on any atom is -0.462 e. The van der Waals surface area contributed by atoms with Crippen molar-refractivity contribution in [2.75, 3.05) is 26.4 Å². The van der Waals surface area contributed by atoms with Crippen molar-refractivity contribution >= 4 is 33.4 Å². The standard InChI is InChI=1S/C44H80O16P2/c1-3-5-7-8-9-10-11-12-13-14-15-16-17-18-23-27-43(49)56-34-38(35-59-62(54,55)58-33-37(46)32-57-61(51,52)53)60-44(50)28-24-20-19-22-26-39-40(42(48)31-41(39)47)30-29-36(45)25-21-6-4-2/h12-13,29-30,36-41,45-47H,3-11,14-28,31-35H2,1-2H3,(H,54,55)(H2,51,52,53)/b13-12-,30-29+/t36-,37-,38+,39+,40+,41-/m0/s1. The van der Waals surface area contributed by atoms with Crippen LogP contribution in [0.25, 0.3) is 0 Å². The largest absolute Gasteiger partial charge is 0.472 e. The first kappa shape index (κ1) is 58.2. The first-order chi connectivity index (χ1) is 29.6. The van der Waals surface area contributed by atoms with E-state index in [0.29, 0.717) is 38.5 Å². The Morgan fingerprint density at radius 3 is 1.85 bits per heavy atom. The molecule has 0 aromatic rings. The van der Waals surface area contributed by atoms with Crippen molar-refractivity contribution in [2.45, 2.75) is 199 Å². The number of esters is 2. The van der Waals surface area contributed by atoms with Crippen molar-refractivity contribution in [3.8, 4) is 0 Å². The highest BCUT2D eigenvalue weighted by molar-refractivity contribution is 7.47. The Hall–Kier alpha value is -1.81. The van der Waals surface area contributed by atoms with Gasteiger partial charge in [-0.2, -0.15) is 0 Å². The minimum absolute atomic E-state index is 0.00969. The lowest BCUT2D eigenvalue weighted by atomic mass is 9.88. The number of hydrogen-bond acceptors (Lipinski definition) is 13. The molecule has 16 nitrogen and oxygen atoms in total. The van der Waals surface area contributed by atoms with E-state index in [1.807, 2.05) is 0 Å². The molecule has 62 heavy (non-hydrogen) atoms. The van der Waals surface area contributed by atoms with Gasteiger partial charge in [0.1, 0.15) is 18.5 Å². The summed E-state index contributed by atoms with van der Waals surface area (Å²) in [5.74, 6) is -1.92. The third-order valence-corrected chi connectivity index (χ3v) is 12.1. The predicted octanol–water partition coefficient (Wildman–Crippen LogP) is 8.49. The summed E-state index contributed by atoms with van der Waals surface area (Å²) in [6.07, 6.45) is 25.0. The molecule has 362 valence electrons. The summed E-state index contributed by atoms with van der Waals surface area (Å²) in [6.45, 7) is 1.38.